The van der Waals surface area contributed by atoms with Crippen molar-refractivity contribution < 1.29 is 19.6 Å². The molecular weight excluding hydrogens is 152 g/mol. The zero-order valence-corrected chi connectivity index (χ0v) is 5.77. The lowest BCUT2D eigenvalue weighted by Crippen LogP contribution is -2.21. The van der Waals surface area contributed by atoms with E-state index >= 15 is 0 Å². The number of hydrogen-bond acceptors (Lipinski definition) is 6. The van der Waals surface area contributed by atoms with Crippen molar-refractivity contribution in [3.63, 3.8) is 0 Å². The maximum Gasteiger partial charge on any atom is 0.389 e. The summed E-state index contributed by atoms with van der Waals surface area (Å²) in [5.74, 6) is -0.764. The van der Waals surface area contributed by atoms with Gasteiger partial charge in [0.05, 0.1) is 6.61 Å². The lowest BCUT2D eigenvalue weighted by molar-refractivity contribution is -0.134. The summed E-state index contributed by atoms with van der Waals surface area (Å²) in [7, 11) is 1.43. The van der Waals surface area contributed by atoms with Gasteiger partial charge in [-0.3, -0.25) is 0 Å². The highest BCUT2D eigenvalue weighted by Crippen LogP contribution is 2.00. The predicted octanol–water partition coefficient (Wildman–Crippen LogP) is -0.624. The largest absolute Gasteiger partial charge is 0.410 e. The third-order valence-corrected chi connectivity index (χ3v) is 1.09. The summed E-state index contributed by atoms with van der Waals surface area (Å²) < 4.78 is 4.65. The van der Waals surface area contributed by atoms with Crippen LogP contribution in [-0.4, -0.2) is 36.3 Å². The van der Waals surface area contributed by atoms with Gasteiger partial charge >= 0.3 is 5.97 Å². The SMILES string of the molecule is COCC1=NOC(=O)C1=NO. The molecule has 6 heteroatoms. The number of hydrogen-bond donors (Lipinski definition) is 1. The van der Waals surface area contributed by atoms with Gasteiger partial charge in [-0.05, 0) is 0 Å². The molecule has 0 amide bonds. The first-order valence-corrected chi connectivity index (χ1v) is 2.79. The summed E-state index contributed by atoms with van der Waals surface area (Å²) in [6.07, 6.45) is 0. The maximum absolute atomic E-state index is 10.6. The van der Waals surface area contributed by atoms with E-state index < -0.39 is 5.97 Å². The number of oxime groups is 2. The number of nitrogens with zero attached hydrogens (tertiary/aromatic N) is 2. The highest BCUT2D eigenvalue weighted by Gasteiger charge is 2.27. The number of rotatable bonds is 2. The van der Waals surface area contributed by atoms with Crippen LogP contribution in [-0.2, 0) is 14.4 Å². The Morgan fingerprint density at radius 3 is 3.09 bits per heavy atom. The Hall–Kier alpha value is -1.43. The molecule has 11 heavy (non-hydrogen) atoms. The quantitative estimate of drug-likeness (QED) is 0.330. The Morgan fingerprint density at radius 2 is 2.55 bits per heavy atom. The van der Waals surface area contributed by atoms with Crippen LogP contribution in [0.3, 0.4) is 0 Å². The molecule has 0 aromatic carbocycles. The molecule has 0 radical (unpaired) electrons. The Balaban J connectivity index is 2.74. The molecule has 0 atom stereocenters. The van der Waals surface area contributed by atoms with Crippen LogP contribution in [0.5, 0.6) is 0 Å². The number of carbonyl (C=O) groups is 1. The van der Waals surface area contributed by atoms with E-state index in [4.69, 9.17) is 5.21 Å². The molecule has 0 fully saturated rings. The molecule has 1 aliphatic heterocycles. The molecule has 1 N–H and O–H groups in total. The fraction of sp³-hybridized carbons (Fsp3) is 0.400. The topological polar surface area (TPSA) is 80.5 Å². The average Bonchev–Trinajstić information content (AvgIpc) is 2.33. The van der Waals surface area contributed by atoms with Crippen molar-refractivity contribution in [2.45, 2.75) is 0 Å². The number of methoxy groups -OCH3 is 1. The lowest BCUT2D eigenvalue weighted by Gasteiger charge is -1.92. The fourth-order valence-corrected chi connectivity index (χ4v) is 0.631. The average molecular weight is 158 g/mol. The molecule has 1 aliphatic rings. The van der Waals surface area contributed by atoms with Gasteiger partial charge in [0.25, 0.3) is 0 Å². The molecule has 0 saturated carbocycles. The second-order valence-electron chi connectivity index (χ2n) is 1.80. The van der Waals surface area contributed by atoms with Crippen molar-refractivity contribution in [2.75, 3.05) is 13.7 Å². The predicted molar refractivity (Wildman–Crippen MR) is 34.6 cm³/mol. The molecule has 0 aliphatic carbocycles. The van der Waals surface area contributed by atoms with Crippen LogP contribution >= 0.6 is 0 Å². The maximum atomic E-state index is 10.6. The van der Waals surface area contributed by atoms with Crippen LogP contribution in [0.4, 0.5) is 0 Å². The van der Waals surface area contributed by atoms with Crippen molar-refractivity contribution >= 4 is 17.4 Å². The van der Waals surface area contributed by atoms with Gasteiger partial charge in [0.2, 0.25) is 5.71 Å². The van der Waals surface area contributed by atoms with Gasteiger partial charge in [-0.15, -0.1) is 0 Å². The minimum atomic E-state index is -0.764. The molecule has 0 aromatic heterocycles. The van der Waals surface area contributed by atoms with Crippen LogP contribution < -0.4 is 0 Å². The Kier molecular flexibility index (Phi) is 2.17. The molecule has 0 spiro atoms. The number of ether oxygens (including phenoxy) is 1. The van der Waals surface area contributed by atoms with Crippen molar-refractivity contribution in [1.29, 1.82) is 0 Å². The summed E-state index contributed by atoms with van der Waals surface area (Å²) in [5, 5.41) is 14.3. The van der Waals surface area contributed by atoms with E-state index in [1.807, 2.05) is 0 Å². The molecule has 0 aromatic rings. The van der Waals surface area contributed by atoms with E-state index in [9.17, 15) is 4.79 Å². The van der Waals surface area contributed by atoms with Crippen LogP contribution in [0.1, 0.15) is 0 Å². The van der Waals surface area contributed by atoms with E-state index in [2.05, 4.69) is 19.9 Å². The molecule has 0 saturated heterocycles. The van der Waals surface area contributed by atoms with Gasteiger partial charge in [0.1, 0.15) is 5.71 Å². The van der Waals surface area contributed by atoms with E-state index in [1.54, 1.807) is 0 Å². The minimum absolute atomic E-state index is 0.0884. The Bertz CT molecular complexity index is 233. The van der Waals surface area contributed by atoms with Gasteiger partial charge in [-0.25, -0.2) is 4.79 Å². The smallest absolute Gasteiger partial charge is 0.389 e. The van der Waals surface area contributed by atoms with Crippen molar-refractivity contribution in [1.82, 2.24) is 0 Å². The third kappa shape index (κ3) is 1.35. The number of carbonyl (C=O) groups excluding carboxylic acids is 1. The van der Waals surface area contributed by atoms with Gasteiger partial charge in [0, 0.05) is 7.11 Å². The first-order valence-electron chi connectivity index (χ1n) is 2.79. The lowest BCUT2D eigenvalue weighted by atomic mass is 10.2. The highest BCUT2D eigenvalue weighted by atomic mass is 16.7. The molecule has 1 rings (SSSR count). The first kappa shape index (κ1) is 7.67. The van der Waals surface area contributed by atoms with E-state index in [-0.39, 0.29) is 18.0 Å². The van der Waals surface area contributed by atoms with Crippen LogP contribution in [0.25, 0.3) is 0 Å². The first-order chi connectivity index (χ1) is 5.29. The monoisotopic (exact) mass is 158 g/mol. The van der Waals surface area contributed by atoms with E-state index in [0.717, 1.165) is 0 Å². The molecule has 0 bridgehead atoms. The Labute approximate surface area is 62.1 Å². The van der Waals surface area contributed by atoms with Gasteiger partial charge in [-0.2, -0.15) is 0 Å². The standard InChI is InChI=1S/C5H6N2O4/c1-10-2-3-4(6-9)5(8)11-7-3/h9H,2H2,1H3. The summed E-state index contributed by atoms with van der Waals surface area (Å²) >= 11 is 0. The second-order valence-corrected chi connectivity index (χ2v) is 1.80. The summed E-state index contributed by atoms with van der Waals surface area (Å²) in [6, 6.07) is 0. The third-order valence-electron chi connectivity index (χ3n) is 1.09. The van der Waals surface area contributed by atoms with Crippen molar-refractivity contribution in [2.24, 2.45) is 10.3 Å². The zero-order valence-electron chi connectivity index (χ0n) is 5.77. The van der Waals surface area contributed by atoms with Gasteiger partial charge < -0.3 is 14.8 Å². The van der Waals surface area contributed by atoms with Crippen LogP contribution in [0.15, 0.2) is 10.3 Å². The van der Waals surface area contributed by atoms with Gasteiger partial charge in [0.15, 0.2) is 0 Å². The van der Waals surface area contributed by atoms with Crippen LogP contribution in [0, 0.1) is 0 Å². The second kappa shape index (κ2) is 3.11. The van der Waals surface area contributed by atoms with Crippen molar-refractivity contribution in [3.05, 3.63) is 0 Å². The molecule has 0 unspecified atom stereocenters. The fourth-order valence-electron chi connectivity index (χ4n) is 0.631. The van der Waals surface area contributed by atoms with Crippen LogP contribution in [0.2, 0.25) is 0 Å². The molecule has 6 nitrogen and oxygen atoms in total. The molecule has 60 valence electrons. The normalized spacial score (nSPS) is 20.3. The molecule has 1 heterocycles. The van der Waals surface area contributed by atoms with Crippen molar-refractivity contribution in [3.8, 4) is 0 Å². The zero-order chi connectivity index (χ0) is 8.27. The summed E-state index contributed by atoms with van der Waals surface area (Å²) in [6.45, 7) is 0.0884. The Morgan fingerprint density at radius 1 is 1.82 bits per heavy atom. The summed E-state index contributed by atoms with van der Waals surface area (Å²) in [5.41, 5.74) is -0.00755. The summed E-state index contributed by atoms with van der Waals surface area (Å²) in [4.78, 5) is 14.8. The van der Waals surface area contributed by atoms with E-state index in [1.165, 1.54) is 7.11 Å². The highest BCUT2D eigenvalue weighted by molar-refractivity contribution is 6.67. The van der Waals surface area contributed by atoms with Gasteiger partial charge in [-0.1, -0.05) is 10.3 Å². The molecular formula is C5H6N2O4. The minimum Gasteiger partial charge on any atom is -0.410 e. The van der Waals surface area contributed by atoms with E-state index in [0.29, 0.717) is 0 Å².